The summed E-state index contributed by atoms with van der Waals surface area (Å²) in [5, 5.41) is 2.85. The average molecular weight is 378 g/mol. The minimum absolute atomic E-state index is 0.0372. The number of hydrogen-bond acceptors (Lipinski definition) is 3. The van der Waals surface area contributed by atoms with Gasteiger partial charge in [-0.2, -0.15) is 0 Å². The Bertz CT molecular complexity index is 673. The zero-order chi connectivity index (χ0) is 16.7. The first-order valence-electron chi connectivity index (χ1n) is 7.41. The third-order valence-corrected chi connectivity index (χ3v) is 3.87. The number of rotatable bonds is 7. The Hall–Kier alpha value is -2.01. The van der Waals surface area contributed by atoms with Gasteiger partial charge in [-0.1, -0.05) is 12.1 Å². The lowest BCUT2D eigenvalue weighted by Gasteiger charge is -2.09. The Labute approximate surface area is 144 Å². The molecule has 0 aliphatic carbocycles. The van der Waals surface area contributed by atoms with Gasteiger partial charge in [0.05, 0.1) is 18.2 Å². The molecule has 0 aromatic heterocycles. The van der Waals surface area contributed by atoms with Crippen LogP contribution in [0.3, 0.4) is 0 Å². The molecule has 2 rings (SSSR count). The Balaban J connectivity index is 1.74. The SMILES string of the molecule is COc1cccc(NC(=O)CCCOc2ccc(C)cc2Br)c1. The van der Waals surface area contributed by atoms with Crippen LogP contribution >= 0.6 is 15.9 Å². The molecule has 23 heavy (non-hydrogen) atoms. The average Bonchev–Trinajstić information content (AvgIpc) is 2.53. The van der Waals surface area contributed by atoms with Gasteiger partial charge in [-0.05, 0) is 59.1 Å². The van der Waals surface area contributed by atoms with Gasteiger partial charge >= 0.3 is 0 Å². The number of halogens is 1. The fourth-order valence-corrected chi connectivity index (χ4v) is 2.67. The summed E-state index contributed by atoms with van der Waals surface area (Å²) in [5.74, 6) is 1.48. The van der Waals surface area contributed by atoms with Crippen molar-refractivity contribution in [3.8, 4) is 11.5 Å². The van der Waals surface area contributed by atoms with Gasteiger partial charge in [0, 0.05) is 18.2 Å². The Morgan fingerprint density at radius 1 is 1.22 bits per heavy atom. The van der Waals surface area contributed by atoms with Gasteiger partial charge < -0.3 is 14.8 Å². The highest BCUT2D eigenvalue weighted by Gasteiger charge is 2.05. The number of amides is 1. The predicted octanol–water partition coefficient (Wildman–Crippen LogP) is 4.56. The maximum atomic E-state index is 11.9. The molecule has 2 aromatic rings. The first-order chi connectivity index (χ1) is 11.1. The van der Waals surface area contributed by atoms with E-state index in [-0.39, 0.29) is 5.91 Å². The summed E-state index contributed by atoms with van der Waals surface area (Å²) in [6.07, 6.45) is 1.05. The normalized spacial score (nSPS) is 10.2. The predicted molar refractivity (Wildman–Crippen MR) is 95.2 cm³/mol. The smallest absolute Gasteiger partial charge is 0.224 e. The van der Waals surface area contributed by atoms with Crippen molar-refractivity contribution < 1.29 is 14.3 Å². The number of nitrogens with one attached hydrogen (secondary N) is 1. The topological polar surface area (TPSA) is 47.6 Å². The lowest BCUT2D eigenvalue weighted by molar-refractivity contribution is -0.116. The summed E-state index contributed by atoms with van der Waals surface area (Å²) in [7, 11) is 1.60. The minimum atomic E-state index is -0.0372. The zero-order valence-corrected chi connectivity index (χ0v) is 14.9. The number of anilines is 1. The molecule has 4 nitrogen and oxygen atoms in total. The van der Waals surface area contributed by atoms with Crippen LogP contribution in [-0.2, 0) is 4.79 Å². The van der Waals surface area contributed by atoms with Crippen LogP contribution in [0.15, 0.2) is 46.9 Å². The molecule has 0 radical (unpaired) electrons. The summed E-state index contributed by atoms with van der Waals surface area (Å²) >= 11 is 3.47. The maximum absolute atomic E-state index is 11.9. The number of aryl methyl sites for hydroxylation is 1. The van der Waals surface area contributed by atoms with Crippen LogP contribution in [0, 0.1) is 6.92 Å². The summed E-state index contributed by atoms with van der Waals surface area (Å²) in [5.41, 5.74) is 1.90. The molecule has 2 aromatic carbocycles. The van der Waals surface area contributed by atoms with Crippen LogP contribution in [-0.4, -0.2) is 19.6 Å². The molecule has 0 saturated heterocycles. The van der Waals surface area contributed by atoms with Crippen LogP contribution in [0.25, 0.3) is 0 Å². The molecular weight excluding hydrogens is 358 g/mol. The first kappa shape index (κ1) is 17.3. The molecule has 0 heterocycles. The highest BCUT2D eigenvalue weighted by Crippen LogP contribution is 2.25. The van der Waals surface area contributed by atoms with Gasteiger partial charge in [-0.3, -0.25) is 4.79 Å². The van der Waals surface area contributed by atoms with E-state index in [0.29, 0.717) is 19.4 Å². The van der Waals surface area contributed by atoms with Gasteiger partial charge in [-0.15, -0.1) is 0 Å². The van der Waals surface area contributed by atoms with E-state index in [1.54, 1.807) is 13.2 Å². The molecular formula is C18H20BrNO3. The van der Waals surface area contributed by atoms with Gasteiger partial charge in [0.25, 0.3) is 0 Å². The van der Waals surface area contributed by atoms with Gasteiger partial charge in [0.2, 0.25) is 5.91 Å². The fraction of sp³-hybridized carbons (Fsp3) is 0.278. The van der Waals surface area contributed by atoms with Crippen LogP contribution in [0.2, 0.25) is 0 Å². The van der Waals surface area contributed by atoms with Crippen molar-refractivity contribution in [2.45, 2.75) is 19.8 Å². The summed E-state index contributed by atoms with van der Waals surface area (Å²) in [6.45, 7) is 2.52. The molecule has 0 bridgehead atoms. The Morgan fingerprint density at radius 3 is 2.78 bits per heavy atom. The molecule has 0 aliphatic rings. The van der Waals surface area contributed by atoms with E-state index in [1.165, 1.54) is 5.56 Å². The number of benzene rings is 2. The molecule has 122 valence electrons. The van der Waals surface area contributed by atoms with Crippen LogP contribution in [0.4, 0.5) is 5.69 Å². The summed E-state index contributed by atoms with van der Waals surface area (Å²) < 4.78 is 11.7. The highest BCUT2D eigenvalue weighted by atomic mass is 79.9. The molecule has 1 N–H and O–H groups in total. The number of hydrogen-bond donors (Lipinski definition) is 1. The van der Waals surface area contributed by atoms with Crippen molar-refractivity contribution in [2.24, 2.45) is 0 Å². The van der Waals surface area contributed by atoms with Crippen molar-refractivity contribution in [1.82, 2.24) is 0 Å². The third-order valence-electron chi connectivity index (χ3n) is 3.25. The molecule has 0 atom stereocenters. The molecule has 0 saturated carbocycles. The summed E-state index contributed by atoms with van der Waals surface area (Å²) in [6, 6.07) is 13.2. The Morgan fingerprint density at radius 2 is 2.04 bits per heavy atom. The minimum Gasteiger partial charge on any atom is -0.497 e. The van der Waals surface area contributed by atoms with Crippen LogP contribution < -0.4 is 14.8 Å². The fourth-order valence-electron chi connectivity index (χ4n) is 2.06. The molecule has 1 amide bonds. The molecule has 0 aliphatic heterocycles. The largest absolute Gasteiger partial charge is 0.497 e. The van der Waals surface area contributed by atoms with E-state index >= 15 is 0 Å². The second kappa shape index (κ2) is 8.58. The van der Waals surface area contributed by atoms with E-state index in [4.69, 9.17) is 9.47 Å². The highest BCUT2D eigenvalue weighted by molar-refractivity contribution is 9.10. The second-order valence-electron chi connectivity index (χ2n) is 5.17. The van der Waals surface area contributed by atoms with Gasteiger partial charge in [-0.25, -0.2) is 0 Å². The lowest BCUT2D eigenvalue weighted by Crippen LogP contribution is -2.12. The molecule has 0 spiro atoms. The third kappa shape index (κ3) is 5.60. The van der Waals surface area contributed by atoms with E-state index in [9.17, 15) is 4.79 Å². The number of ether oxygens (including phenoxy) is 2. The first-order valence-corrected chi connectivity index (χ1v) is 8.20. The zero-order valence-electron chi connectivity index (χ0n) is 13.3. The number of carbonyl (C=O) groups is 1. The van der Waals surface area contributed by atoms with Crippen molar-refractivity contribution >= 4 is 27.5 Å². The quantitative estimate of drug-likeness (QED) is 0.719. The van der Waals surface area contributed by atoms with Crippen molar-refractivity contribution in [1.29, 1.82) is 0 Å². The van der Waals surface area contributed by atoms with Crippen molar-refractivity contribution in [2.75, 3.05) is 19.0 Å². The Kier molecular flexibility index (Phi) is 6.47. The molecule has 0 unspecified atom stereocenters. The van der Waals surface area contributed by atoms with Crippen molar-refractivity contribution in [3.63, 3.8) is 0 Å². The standard InChI is InChI=1S/C18H20BrNO3/c1-13-8-9-17(16(19)11-13)23-10-4-7-18(21)20-14-5-3-6-15(12-14)22-2/h3,5-6,8-9,11-12H,4,7,10H2,1-2H3,(H,20,21). The van der Waals surface area contributed by atoms with E-state index < -0.39 is 0 Å². The van der Waals surface area contributed by atoms with Gasteiger partial charge in [0.1, 0.15) is 11.5 Å². The second-order valence-corrected chi connectivity index (χ2v) is 6.02. The van der Waals surface area contributed by atoms with E-state index in [2.05, 4.69) is 21.2 Å². The number of carbonyl (C=O) groups excluding carboxylic acids is 1. The van der Waals surface area contributed by atoms with E-state index in [1.807, 2.05) is 43.3 Å². The van der Waals surface area contributed by atoms with Crippen molar-refractivity contribution in [3.05, 3.63) is 52.5 Å². The molecule has 0 fully saturated rings. The van der Waals surface area contributed by atoms with Crippen LogP contribution in [0.1, 0.15) is 18.4 Å². The number of methoxy groups -OCH3 is 1. The summed E-state index contributed by atoms with van der Waals surface area (Å²) in [4.78, 5) is 11.9. The van der Waals surface area contributed by atoms with Crippen LogP contribution in [0.5, 0.6) is 11.5 Å². The maximum Gasteiger partial charge on any atom is 0.224 e. The lowest BCUT2D eigenvalue weighted by atomic mass is 10.2. The monoisotopic (exact) mass is 377 g/mol. The van der Waals surface area contributed by atoms with Gasteiger partial charge in [0.15, 0.2) is 0 Å². The molecule has 5 heteroatoms. The van der Waals surface area contributed by atoms with E-state index in [0.717, 1.165) is 21.7 Å².